The number of carboxylic acid groups (broad SMARTS) is 1. The first-order valence-corrected chi connectivity index (χ1v) is 8.06. The SMILES string of the molecule is CC(NC(=O)c1cc(Cl)c(N)c(Cl)c1)C(=O)N1CCCC1C(=O)O. The third-order valence-electron chi connectivity index (χ3n) is 3.88. The van der Waals surface area contributed by atoms with E-state index in [-0.39, 0.29) is 21.3 Å². The molecule has 2 unspecified atom stereocenters. The average Bonchev–Trinajstić information content (AvgIpc) is 3.00. The van der Waals surface area contributed by atoms with Crippen LogP contribution in [0.3, 0.4) is 0 Å². The summed E-state index contributed by atoms with van der Waals surface area (Å²) in [7, 11) is 0. The highest BCUT2D eigenvalue weighted by molar-refractivity contribution is 6.39. The molecule has 1 aliphatic heterocycles. The van der Waals surface area contributed by atoms with Crippen LogP contribution in [-0.2, 0) is 9.59 Å². The Hall–Kier alpha value is -1.99. The van der Waals surface area contributed by atoms with E-state index in [0.29, 0.717) is 19.4 Å². The van der Waals surface area contributed by atoms with Crippen molar-refractivity contribution in [3.05, 3.63) is 27.7 Å². The van der Waals surface area contributed by atoms with Gasteiger partial charge in [-0.2, -0.15) is 0 Å². The van der Waals surface area contributed by atoms with Crippen molar-refractivity contribution >= 4 is 46.7 Å². The summed E-state index contributed by atoms with van der Waals surface area (Å²) in [5, 5.41) is 11.9. The van der Waals surface area contributed by atoms with E-state index in [9.17, 15) is 14.4 Å². The molecule has 0 radical (unpaired) electrons. The number of anilines is 1. The lowest BCUT2D eigenvalue weighted by Gasteiger charge is -2.25. The summed E-state index contributed by atoms with van der Waals surface area (Å²) in [4.78, 5) is 37.1. The molecule has 1 heterocycles. The monoisotopic (exact) mass is 373 g/mol. The van der Waals surface area contributed by atoms with Crippen LogP contribution in [0.25, 0.3) is 0 Å². The fourth-order valence-corrected chi connectivity index (χ4v) is 3.08. The Morgan fingerprint density at radius 3 is 2.46 bits per heavy atom. The van der Waals surface area contributed by atoms with Crippen LogP contribution < -0.4 is 11.1 Å². The second-order valence-electron chi connectivity index (χ2n) is 5.58. The van der Waals surface area contributed by atoms with Crippen molar-refractivity contribution in [2.24, 2.45) is 0 Å². The Morgan fingerprint density at radius 1 is 1.33 bits per heavy atom. The fourth-order valence-electron chi connectivity index (χ4n) is 2.59. The first-order chi connectivity index (χ1) is 11.2. The van der Waals surface area contributed by atoms with Gasteiger partial charge >= 0.3 is 5.97 Å². The molecule has 1 aromatic rings. The van der Waals surface area contributed by atoms with E-state index in [2.05, 4.69) is 5.32 Å². The van der Waals surface area contributed by atoms with Gasteiger partial charge in [-0.3, -0.25) is 9.59 Å². The van der Waals surface area contributed by atoms with Crippen molar-refractivity contribution in [1.29, 1.82) is 0 Å². The quantitative estimate of drug-likeness (QED) is 0.696. The van der Waals surface area contributed by atoms with E-state index < -0.39 is 29.9 Å². The van der Waals surface area contributed by atoms with Crippen LogP contribution in [0, 0.1) is 0 Å². The molecular formula is C15H17Cl2N3O4. The number of nitrogens with zero attached hydrogens (tertiary/aromatic N) is 1. The van der Waals surface area contributed by atoms with E-state index in [0.717, 1.165) is 0 Å². The summed E-state index contributed by atoms with van der Waals surface area (Å²) < 4.78 is 0. The number of hydrogen-bond donors (Lipinski definition) is 3. The molecular weight excluding hydrogens is 357 g/mol. The average molecular weight is 374 g/mol. The molecule has 130 valence electrons. The lowest BCUT2D eigenvalue weighted by Crippen LogP contribution is -2.50. The molecule has 9 heteroatoms. The maximum atomic E-state index is 12.4. The first kappa shape index (κ1) is 18.4. The largest absolute Gasteiger partial charge is 0.480 e. The molecule has 1 aromatic carbocycles. The number of carbonyl (C=O) groups is 3. The number of nitrogens with one attached hydrogen (secondary N) is 1. The van der Waals surface area contributed by atoms with Gasteiger partial charge in [-0.25, -0.2) is 4.79 Å². The van der Waals surface area contributed by atoms with E-state index in [4.69, 9.17) is 34.0 Å². The van der Waals surface area contributed by atoms with Gasteiger partial charge in [0.15, 0.2) is 0 Å². The van der Waals surface area contributed by atoms with Gasteiger partial charge in [0.2, 0.25) is 5.91 Å². The van der Waals surface area contributed by atoms with Crippen LogP contribution in [-0.4, -0.2) is 46.4 Å². The number of aliphatic carboxylic acids is 1. The lowest BCUT2D eigenvalue weighted by atomic mass is 10.1. The van der Waals surface area contributed by atoms with Gasteiger partial charge in [-0.15, -0.1) is 0 Å². The number of benzene rings is 1. The molecule has 7 nitrogen and oxygen atoms in total. The Balaban J connectivity index is 2.08. The predicted molar refractivity (Wildman–Crippen MR) is 90.2 cm³/mol. The van der Waals surface area contributed by atoms with Crippen LogP contribution in [0.1, 0.15) is 30.1 Å². The van der Waals surface area contributed by atoms with Crippen LogP contribution >= 0.6 is 23.2 Å². The number of hydrogen-bond acceptors (Lipinski definition) is 4. The Morgan fingerprint density at radius 2 is 1.92 bits per heavy atom. The van der Waals surface area contributed by atoms with Crippen molar-refractivity contribution in [2.75, 3.05) is 12.3 Å². The molecule has 2 amide bonds. The Bertz CT molecular complexity index is 672. The zero-order chi connectivity index (χ0) is 18.0. The Labute approximate surface area is 148 Å². The number of likely N-dealkylation sites (tertiary alicyclic amines) is 1. The highest BCUT2D eigenvalue weighted by atomic mass is 35.5. The smallest absolute Gasteiger partial charge is 0.326 e. The summed E-state index contributed by atoms with van der Waals surface area (Å²) in [6, 6.07) is 0.973. The van der Waals surface area contributed by atoms with Gasteiger partial charge in [0.25, 0.3) is 5.91 Å². The second kappa shape index (κ2) is 7.27. The number of carbonyl (C=O) groups excluding carboxylic acids is 2. The summed E-state index contributed by atoms with van der Waals surface area (Å²) in [6.07, 6.45) is 1.03. The van der Waals surface area contributed by atoms with Crippen molar-refractivity contribution in [3.8, 4) is 0 Å². The maximum Gasteiger partial charge on any atom is 0.326 e. The number of amides is 2. The van der Waals surface area contributed by atoms with Crippen LogP contribution in [0.15, 0.2) is 12.1 Å². The molecule has 24 heavy (non-hydrogen) atoms. The van der Waals surface area contributed by atoms with Crippen molar-refractivity contribution in [2.45, 2.75) is 31.8 Å². The highest BCUT2D eigenvalue weighted by Crippen LogP contribution is 2.28. The summed E-state index contributed by atoms with van der Waals surface area (Å²) in [5.74, 6) is -2.04. The second-order valence-corrected chi connectivity index (χ2v) is 6.39. The zero-order valence-electron chi connectivity index (χ0n) is 12.9. The number of nitrogen functional groups attached to an aromatic ring is 1. The van der Waals surface area contributed by atoms with E-state index >= 15 is 0 Å². The van der Waals surface area contributed by atoms with E-state index in [1.807, 2.05) is 0 Å². The minimum absolute atomic E-state index is 0.136. The van der Waals surface area contributed by atoms with Gasteiger partial charge in [0.05, 0.1) is 15.7 Å². The number of carboxylic acids is 1. The molecule has 2 atom stereocenters. The molecule has 0 saturated carbocycles. The summed E-state index contributed by atoms with van der Waals surface area (Å²) in [5.41, 5.74) is 5.94. The van der Waals surface area contributed by atoms with Gasteiger partial charge < -0.3 is 21.1 Å². The van der Waals surface area contributed by atoms with Gasteiger partial charge in [-0.05, 0) is 31.9 Å². The lowest BCUT2D eigenvalue weighted by molar-refractivity contribution is -0.148. The van der Waals surface area contributed by atoms with Crippen LogP contribution in [0.2, 0.25) is 10.0 Å². The number of rotatable bonds is 4. The Kier molecular flexibility index (Phi) is 5.56. The van der Waals surface area contributed by atoms with Gasteiger partial charge in [0.1, 0.15) is 12.1 Å². The van der Waals surface area contributed by atoms with Gasteiger partial charge in [-0.1, -0.05) is 23.2 Å². The van der Waals surface area contributed by atoms with Crippen LogP contribution in [0.5, 0.6) is 0 Å². The molecule has 1 fully saturated rings. The molecule has 2 rings (SSSR count). The first-order valence-electron chi connectivity index (χ1n) is 7.31. The third-order valence-corrected chi connectivity index (χ3v) is 4.51. The molecule has 1 aliphatic rings. The van der Waals surface area contributed by atoms with Crippen LogP contribution in [0.4, 0.5) is 5.69 Å². The molecule has 0 spiro atoms. The van der Waals surface area contributed by atoms with E-state index in [1.165, 1.54) is 24.0 Å². The molecule has 0 bridgehead atoms. The maximum absolute atomic E-state index is 12.4. The summed E-state index contributed by atoms with van der Waals surface area (Å²) >= 11 is 11.8. The number of halogens is 2. The molecule has 1 saturated heterocycles. The van der Waals surface area contributed by atoms with Crippen molar-refractivity contribution < 1.29 is 19.5 Å². The molecule has 0 aromatic heterocycles. The molecule has 4 N–H and O–H groups in total. The van der Waals surface area contributed by atoms with Crippen molar-refractivity contribution in [1.82, 2.24) is 10.2 Å². The van der Waals surface area contributed by atoms with Crippen molar-refractivity contribution in [3.63, 3.8) is 0 Å². The molecule has 0 aliphatic carbocycles. The summed E-state index contributed by atoms with van der Waals surface area (Å²) in [6.45, 7) is 1.85. The minimum atomic E-state index is -1.04. The van der Waals surface area contributed by atoms with E-state index in [1.54, 1.807) is 0 Å². The van der Waals surface area contributed by atoms with Gasteiger partial charge in [0, 0.05) is 12.1 Å². The normalized spacial score (nSPS) is 18.3. The topological polar surface area (TPSA) is 113 Å². The standard InChI is InChI=1S/C15H17Cl2N3O4/c1-7(14(22)20-4-2-3-11(20)15(23)24)19-13(21)8-5-9(16)12(18)10(17)6-8/h5-7,11H,2-4,18H2,1H3,(H,19,21)(H,23,24). The fraction of sp³-hybridized carbons (Fsp3) is 0.400. The number of nitrogens with two attached hydrogens (primary N) is 1. The zero-order valence-corrected chi connectivity index (χ0v) is 14.4. The highest BCUT2D eigenvalue weighted by Gasteiger charge is 2.36. The predicted octanol–water partition coefficient (Wildman–Crippen LogP) is 1.77. The minimum Gasteiger partial charge on any atom is -0.480 e. The third kappa shape index (κ3) is 3.73.